The Balaban J connectivity index is 2.10. The van der Waals surface area contributed by atoms with Gasteiger partial charge in [0.15, 0.2) is 6.10 Å². The number of rotatable bonds is 9. The van der Waals surface area contributed by atoms with Crippen LogP contribution in [-0.4, -0.2) is 33.5 Å². The number of hydrogen-bond acceptors (Lipinski definition) is 5. The summed E-state index contributed by atoms with van der Waals surface area (Å²) in [5.41, 5.74) is 6.74. The molecule has 0 radical (unpaired) electrons. The summed E-state index contributed by atoms with van der Waals surface area (Å²) in [5.74, 6) is 0.266. The maximum atomic E-state index is 12.5. The highest BCUT2D eigenvalue weighted by Gasteiger charge is 2.20. The van der Waals surface area contributed by atoms with E-state index in [9.17, 15) is 13.2 Å². The first-order valence-electron chi connectivity index (χ1n) is 8.69. The number of nitrogens with one attached hydrogen (secondary N) is 2. The lowest BCUT2D eigenvalue weighted by molar-refractivity contribution is -0.122. The molecule has 0 aliphatic rings. The first-order valence-corrected chi connectivity index (χ1v) is 10.2. The summed E-state index contributed by atoms with van der Waals surface area (Å²) in [6, 6.07) is 13.5. The molecule has 1 unspecified atom stereocenters. The third kappa shape index (κ3) is 6.06. The van der Waals surface area contributed by atoms with Crippen LogP contribution in [0.3, 0.4) is 0 Å². The summed E-state index contributed by atoms with van der Waals surface area (Å²) in [5, 5.41) is 2.72. The highest BCUT2D eigenvalue weighted by Crippen LogP contribution is 2.18. The second kappa shape index (κ2) is 9.50. The normalized spacial score (nSPS) is 12.4. The van der Waals surface area contributed by atoms with Gasteiger partial charge in [-0.05, 0) is 49.2 Å². The third-order valence-corrected chi connectivity index (χ3v) is 5.24. The van der Waals surface area contributed by atoms with Gasteiger partial charge in [0.25, 0.3) is 5.91 Å². The number of nitrogens with two attached hydrogens (primary N) is 1. The summed E-state index contributed by atoms with van der Waals surface area (Å²) in [6.45, 7) is 4.13. The number of amides is 1. The number of sulfonamides is 1. The van der Waals surface area contributed by atoms with Crippen LogP contribution in [0.25, 0.3) is 0 Å². The minimum absolute atomic E-state index is 0.0569. The number of ether oxygens (including phenoxy) is 1. The van der Waals surface area contributed by atoms with Crippen LogP contribution in [0.15, 0.2) is 53.4 Å². The molecule has 2 rings (SSSR count). The van der Waals surface area contributed by atoms with Gasteiger partial charge in [-0.25, -0.2) is 13.1 Å². The van der Waals surface area contributed by atoms with Crippen molar-refractivity contribution in [1.29, 1.82) is 0 Å². The van der Waals surface area contributed by atoms with E-state index in [0.29, 0.717) is 17.9 Å². The number of anilines is 1. The Morgan fingerprint density at radius 2 is 1.93 bits per heavy atom. The molecular formula is C19H25N3O4S. The van der Waals surface area contributed by atoms with Crippen molar-refractivity contribution in [1.82, 2.24) is 4.72 Å². The standard InChI is InChI=1S/C19H25N3O4S/c1-3-18(26-16-8-4-6-14(2)12-16)19(23)22-15-7-5-9-17(13-15)27(24,25)21-11-10-20/h4-9,12-13,18,21H,3,10-11,20H2,1-2H3,(H,22,23). The minimum atomic E-state index is -3.67. The van der Waals surface area contributed by atoms with Crippen LogP contribution in [0, 0.1) is 6.92 Å². The van der Waals surface area contributed by atoms with E-state index in [0.717, 1.165) is 5.56 Å². The number of aryl methyl sites for hydroxylation is 1. The molecular weight excluding hydrogens is 366 g/mol. The van der Waals surface area contributed by atoms with Crippen LogP contribution >= 0.6 is 0 Å². The average molecular weight is 391 g/mol. The number of hydrogen-bond donors (Lipinski definition) is 3. The molecule has 2 aromatic carbocycles. The van der Waals surface area contributed by atoms with Crippen LogP contribution in [0.2, 0.25) is 0 Å². The molecule has 1 amide bonds. The second-order valence-corrected chi connectivity index (χ2v) is 7.80. The molecule has 146 valence electrons. The Bertz CT molecular complexity index is 884. The fraction of sp³-hybridized carbons (Fsp3) is 0.316. The van der Waals surface area contributed by atoms with Gasteiger partial charge >= 0.3 is 0 Å². The van der Waals surface area contributed by atoms with Crippen LogP contribution in [0.5, 0.6) is 5.75 Å². The highest BCUT2D eigenvalue weighted by molar-refractivity contribution is 7.89. The molecule has 2 aromatic rings. The first kappa shape index (κ1) is 20.9. The Morgan fingerprint density at radius 1 is 1.19 bits per heavy atom. The fourth-order valence-corrected chi connectivity index (χ4v) is 3.51. The van der Waals surface area contributed by atoms with Crippen molar-refractivity contribution in [2.24, 2.45) is 5.73 Å². The zero-order valence-corrected chi connectivity index (χ0v) is 16.3. The number of carbonyl (C=O) groups excluding carboxylic acids is 1. The topological polar surface area (TPSA) is 111 Å². The fourth-order valence-electron chi connectivity index (χ4n) is 2.42. The Labute approximate surface area is 160 Å². The van der Waals surface area contributed by atoms with Crippen molar-refractivity contribution in [2.45, 2.75) is 31.3 Å². The zero-order valence-electron chi connectivity index (χ0n) is 15.4. The molecule has 0 aliphatic carbocycles. The molecule has 0 saturated heterocycles. The van der Waals surface area contributed by atoms with E-state index in [2.05, 4.69) is 10.0 Å². The summed E-state index contributed by atoms with van der Waals surface area (Å²) < 4.78 is 32.5. The van der Waals surface area contributed by atoms with Crippen LogP contribution < -0.4 is 20.5 Å². The van der Waals surface area contributed by atoms with Crippen molar-refractivity contribution >= 4 is 21.6 Å². The predicted octanol–water partition coefficient (Wildman–Crippen LogP) is 2.03. The van der Waals surface area contributed by atoms with Gasteiger partial charge in [0.05, 0.1) is 4.90 Å². The van der Waals surface area contributed by atoms with E-state index in [1.165, 1.54) is 12.1 Å². The smallest absolute Gasteiger partial charge is 0.265 e. The van der Waals surface area contributed by atoms with Crippen molar-refractivity contribution in [2.75, 3.05) is 18.4 Å². The van der Waals surface area contributed by atoms with Gasteiger partial charge < -0.3 is 15.8 Å². The lowest BCUT2D eigenvalue weighted by atomic mass is 10.2. The molecule has 0 spiro atoms. The van der Waals surface area contributed by atoms with E-state index in [4.69, 9.17) is 10.5 Å². The molecule has 0 bridgehead atoms. The number of carbonyl (C=O) groups is 1. The van der Waals surface area contributed by atoms with E-state index < -0.39 is 16.1 Å². The SMILES string of the molecule is CCC(Oc1cccc(C)c1)C(=O)Nc1cccc(S(=O)(=O)NCCN)c1. The van der Waals surface area contributed by atoms with Gasteiger partial charge in [-0.1, -0.05) is 25.1 Å². The average Bonchev–Trinajstić information content (AvgIpc) is 2.64. The maximum absolute atomic E-state index is 12.5. The monoisotopic (exact) mass is 391 g/mol. The molecule has 7 nitrogen and oxygen atoms in total. The molecule has 0 fully saturated rings. The Kier molecular flexibility index (Phi) is 7.35. The van der Waals surface area contributed by atoms with Crippen molar-refractivity contribution in [3.63, 3.8) is 0 Å². The summed E-state index contributed by atoms with van der Waals surface area (Å²) in [7, 11) is -3.67. The Hall–Kier alpha value is -2.42. The van der Waals surface area contributed by atoms with Gasteiger partial charge in [0, 0.05) is 18.8 Å². The highest BCUT2D eigenvalue weighted by atomic mass is 32.2. The number of benzene rings is 2. The van der Waals surface area contributed by atoms with E-state index >= 15 is 0 Å². The summed E-state index contributed by atoms with van der Waals surface area (Å²) >= 11 is 0. The van der Waals surface area contributed by atoms with Gasteiger partial charge in [-0.3, -0.25) is 4.79 Å². The maximum Gasteiger partial charge on any atom is 0.265 e. The van der Waals surface area contributed by atoms with E-state index in [1.807, 2.05) is 32.0 Å². The molecule has 27 heavy (non-hydrogen) atoms. The largest absolute Gasteiger partial charge is 0.481 e. The molecule has 0 saturated carbocycles. The van der Waals surface area contributed by atoms with E-state index in [1.54, 1.807) is 18.2 Å². The zero-order chi connectivity index (χ0) is 19.9. The van der Waals surface area contributed by atoms with Gasteiger partial charge in [-0.2, -0.15) is 0 Å². The molecule has 0 heterocycles. The Morgan fingerprint density at radius 3 is 2.59 bits per heavy atom. The second-order valence-electron chi connectivity index (χ2n) is 6.03. The molecule has 4 N–H and O–H groups in total. The van der Waals surface area contributed by atoms with E-state index in [-0.39, 0.29) is 23.9 Å². The van der Waals surface area contributed by atoms with Crippen LogP contribution in [0.4, 0.5) is 5.69 Å². The summed E-state index contributed by atoms with van der Waals surface area (Å²) in [4.78, 5) is 12.6. The van der Waals surface area contributed by atoms with Crippen LogP contribution in [0.1, 0.15) is 18.9 Å². The predicted molar refractivity (Wildman–Crippen MR) is 105 cm³/mol. The minimum Gasteiger partial charge on any atom is -0.481 e. The van der Waals surface area contributed by atoms with Gasteiger partial charge in [0.2, 0.25) is 10.0 Å². The molecule has 0 aromatic heterocycles. The quantitative estimate of drug-likeness (QED) is 0.606. The van der Waals surface area contributed by atoms with Gasteiger partial charge in [0.1, 0.15) is 5.75 Å². The van der Waals surface area contributed by atoms with Crippen LogP contribution in [-0.2, 0) is 14.8 Å². The summed E-state index contributed by atoms with van der Waals surface area (Å²) in [6.07, 6.45) is -0.224. The third-order valence-electron chi connectivity index (χ3n) is 3.78. The lowest BCUT2D eigenvalue weighted by Crippen LogP contribution is -2.32. The first-order chi connectivity index (χ1) is 12.9. The van der Waals surface area contributed by atoms with Crippen molar-refractivity contribution in [3.8, 4) is 5.75 Å². The molecule has 8 heteroatoms. The molecule has 0 aliphatic heterocycles. The van der Waals surface area contributed by atoms with Crippen molar-refractivity contribution in [3.05, 3.63) is 54.1 Å². The van der Waals surface area contributed by atoms with Gasteiger partial charge in [-0.15, -0.1) is 0 Å². The molecule has 1 atom stereocenters. The van der Waals surface area contributed by atoms with Crippen molar-refractivity contribution < 1.29 is 17.9 Å². The lowest BCUT2D eigenvalue weighted by Gasteiger charge is -2.18.